The number of hydrogen-bond donors (Lipinski definition) is 1. The van der Waals surface area contributed by atoms with Crippen molar-refractivity contribution in [2.45, 2.75) is 13.3 Å². The molecule has 7 heavy (non-hydrogen) atoms. The lowest BCUT2D eigenvalue weighted by atomic mass is 10.4. The van der Waals surface area contributed by atoms with Gasteiger partial charge >= 0.3 is 0 Å². The minimum absolute atomic E-state index is 0.986. The summed E-state index contributed by atoms with van der Waals surface area (Å²) in [4.78, 5) is 0. The predicted octanol–water partition coefficient (Wildman–Crippen LogP) is 1.28. The summed E-state index contributed by atoms with van der Waals surface area (Å²) in [6.45, 7) is 5.54. The van der Waals surface area contributed by atoms with Crippen molar-refractivity contribution in [2.24, 2.45) is 0 Å². The molecule has 0 fully saturated rings. The van der Waals surface area contributed by atoms with Gasteiger partial charge in [-0.1, -0.05) is 13.5 Å². The summed E-state index contributed by atoms with van der Waals surface area (Å²) in [7, 11) is 1.87. The highest BCUT2D eigenvalue weighted by molar-refractivity contribution is 4.92. The summed E-state index contributed by atoms with van der Waals surface area (Å²) in [5.41, 5.74) is 3.83. The van der Waals surface area contributed by atoms with Gasteiger partial charge in [0.25, 0.3) is 0 Å². The maximum absolute atomic E-state index is 3.48. The highest BCUT2D eigenvalue weighted by Gasteiger charge is 1.79. The number of hydrogen-bond acceptors (Lipinski definition) is 1. The Morgan fingerprint density at radius 2 is 2.43 bits per heavy atom. The zero-order chi connectivity index (χ0) is 5.70. The van der Waals surface area contributed by atoms with Crippen LogP contribution in [0.1, 0.15) is 13.3 Å². The first-order valence-corrected chi connectivity index (χ1v) is 2.41. The van der Waals surface area contributed by atoms with Crippen LogP contribution in [-0.4, -0.2) is 7.05 Å². The van der Waals surface area contributed by atoms with E-state index in [0.717, 1.165) is 12.1 Å². The lowest BCUT2D eigenvalue weighted by Gasteiger charge is -1.94. The molecule has 0 aliphatic rings. The molecule has 0 aliphatic carbocycles. The van der Waals surface area contributed by atoms with Crippen molar-refractivity contribution in [2.75, 3.05) is 7.05 Å². The zero-order valence-corrected chi connectivity index (χ0v) is 4.91. The van der Waals surface area contributed by atoms with E-state index in [4.69, 9.17) is 0 Å². The van der Waals surface area contributed by atoms with Crippen molar-refractivity contribution < 1.29 is 0 Å². The highest BCUT2D eigenvalue weighted by atomic mass is 14.8. The van der Waals surface area contributed by atoms with Crippen molar-refractivity contribution in [1.29, 1.82) is 0 Å². The Labute approximate surface area is 44.7 Å². The Kier molecular flexibility index (Phi) is 3.17. The molecule has 0 heterocycles. The summed E-state index contributed by atoms with van der Waals surface area (Å²) >= 11 is 0. The zero-order valence-electron chi connectivity index (χ0n) is 4.91. The molecule has 0 spiro atoms. The quantitative estimate of drug-likeness (QED) is 0.512. The van der Waals surface area contributed by atoms with Gasteiger partial charge in [-0.15, -0.1) is 5.73 Å². The lowest BCUT2D eigenvalue weighted by molar-refractivity contribution is 0.905. The second-order valence-electron chi connectivity index (χ2n) is 1.26. The van der Waals surface area contributed by atoms with Gasteiger partial charge in [-0.25, -0.2) is 0 Å². The molecule has 0 aromatic heterocycles. The summed E-state index contributed by atoms with van der Waals surface area (Å²) in [6.07, 6.45) is 0.986. The van der Waals surface area contributed by atoms with E-state index in [1.54, 1.807) is 0 Å². The monoisotopic (exact) mass is 97.1 g/mol. The Balaban J connectivity index is 3.61. The molecule has 0 saturated carbocycles. The van der Waals surface area contributed by atoms with Crippen LogP contribution >= 0.6 is 0 Å². The molecule has 0 saturated heterocycles. The summed E-state index contributed by atoms with van der Waals surface area (Å²) < 4.78 is 0. The molecule has 0 aromatic rings. The first-order valence-electron chi connectivity index (χ1n) is 2.41. The van der Waals surface area contributed by atoms with E-state index in [1.165, 1.54) is 0 Å². The van der Waals surface area contributed by atoms with E-state index < -0.39 is 0 Å². The standard InChI is InChI=1S/C6H11N/c1-4-6(5-2)7-3/h7H,1,5H2,2-3H3. The lowest BCUT2D eigenvalue weighted by Crippen LogP contribution is -2.02. The number of nitrogens with one attached hydrogen (secondary N) is 1. The summed E-state index contributed by atoms with van der Waals surface area (Å²) in [5, 5.41) is 2.94. The molecule has 1 N–H and O–H groups in total. The van der Waals surface area contributed by atoms with Crippen LogP contribution in [0.5, 0.6) is 0 Å². The fourth-order valence-electron chi connectivity index (χ4n) is 0.390. The van der Waals surface area contributed by atoms with Crippen molar-refractivity contribution in [3.63, 3.8) is 0 Å². The number of allylic oxidation sites excluding steroid dienone is 1. The third-order valence-electron chi connectivity index (χ3n) is 0.869. The summed E-state index contributed by atoms with van der Waals surface area (Å²) in [6, 6.07) is 0. The average molecular weight is 97.2 g/mol. The largest absolute Gasteiger partial charge is 0.385 e. The maximum atomic E-state index is 3.48. The molecule has 0 rings (SSSR count). The Morgan fingerprint density at radius 1 is 1.86 bits per heavy atom. The van der Waals surface area contributed by atoms with Crippen molar-refractivity contribution in [3.05, 3.63) is 18.0 Å². The minimum Gasteiger partial charge on any atom is -0.385 e. The molecule has 0 unspecified atom stereocenters. The molecule has 1 nitrogen and oxygen atoms in total. The van der Waals surface area contributed by atoms with Crippen LogP contribution in [0.25, 0.3) is 0 Å². The van der Waals surface area contributed by atoms with Gasteiger partial charge in [0.15, 0.2) is 0 Å². The van der Waals surface area contributed by atoms with Gasteiger partial charge in [0, 0.05) is 7.05 Å². The molecule has 0 aliphatic heterocycles. The van der Waals surface area contributed by atoms with E-state index in [-0.39, 0.29) is 0 Å². The van der Waals surface area contributed by atoms with E-state index in [9.17, 15) is 0 Å². The molecular formula is C6H11N. The van der Waals surface area contributed by atoms with Crippen molar-refractivity contribution >= 4 is 0 Å². The first kappa shape index (κ1) is 6.32. The minimum atomic E-state index is 0.986. The van der Waals surface area contributed by atoms with Gasteiger partial charge in [0.1, 0.15) is 0 Å². The van der Waals surface area contributed by atoms with Gasteiger partial charge in [-0.2, -0.15) is 0 Å². The Morgan fingerprint density at radius 3 is 2.43 bits per heavy atom. The normalized spacial score (nSPS) is 7.14. The van der Waals surface area contributed by atoms with E-state index in [1.807, 2.05) is 7.05 Å². The average Bonchev–Trinajstić information content (AvgIpc) is 1.72. The van der Waals surface area contributed by atoms with Gasteiger partial charge in [0.2, 0.25) is 0 Å². The second-order valence-corrected chi connectivity index (χ2v) is 1.26. The van der Waals surface area contributed by atoms with E-state index in [2.05, 4.69) is 24.6 Å². The van der Waals surface area contributed by atoms with Crippen LogP contribution in [0.3, 0.4) is 0 Å². The molecule has 0 aromatic carbocycles. The molecule has 0 amide bonds. The fourth-order valence-corrected chi connectivity index (χ4v) is 0.390. The Hall–Kier alpha value is -0.680. The Bertz CT molecular complexity index is 82.4. The van der Waals surface area contributed by atoms with Crippen LogP contribution in [0.4, 0.5) is 0 Å². The SMILES string of the molecule is C=C=C(CC)NC. The second kappa shape index (κ2) is 3.51. The predicted molar refractivity (Wildman–Crippen MR) is 32.0 cm³/mol. The van der Waals surface area contributed by atoms with E-state index in [0.29, 0.717) is 0 Å². The number of rotatable bonds is 2. The highest BCUT2D eigenvalue weighted by Crippen LogP contribution is 1.87. The third kappa shape index (κ3) is 2.07. The molecule has 0 bridgehead atoms. The van der Waals surface area contributed by atoms with E-state index >= 15 is 0 Å². The van der Waals surface area contributed by atoms with Gasteiger partial charge in [-0.05, 0) is 6.42 Å². The van der Waals surface area contributed by atoms with Gasteiger partial charge in [0.05, 0.1) is 5.70 Å². The molecule has 40 valence electrons. The molecule has 1 heteroatoms. The van der Waals surface area contributed by atoms with Gasteiger partial charge < -0.3 is 5.32 Å². The van der Waals surface area contributed by atoms with Crippen LogP contribution in [0.2, 0.25) is 0 Å². The summed E-state index contributed by atoms with van der Waals surface area (Å²) in [5.74, 6) is 0. The molecule has 0 atom stereocenters. The third-order valence-corrected chi connectivity index (χ3v) is 0.869. The van der Waals surface area contributed by atoms with Crippen molar-refractivity contribution in [1.82, 2.24) is 5.32 Å². The van der Waals surface area contributed by atoms with Crippen molar-refractivity contribution in [3.8, 4) is 0 Å². The molecular weight excluding hydrogens is 86.1 g/mol. The van der Waals surface area contributed by atoms with Gasteiger partial charge in [-0.3, -0.25) is 0 Å². The molecule has 0 radical (unpaired) electrons. The van der Waals surface area contributed by atoms with Crippen LogP contribution in [0, 0.1) is 0 Å². The first-order chi connectivity index (χ1) is 3.35. The van der Waals surface area contributed by atoms with Crippen LogP contribution < -0.4 is 5.32 Å². The smallest absolute Gasteiger partial charge is 0.0526 e. The maximum Gasteiger partial charge on any atom is 0.0526 e. The van der Waals surface area contributed by atoms with Crippen LogP contribution in [0.15, 0.2) is 18.0 Å². The topological polar surface area (TPSA) is 12.0 Å². The fraction of sp³-hybridized carbons (Fsp3) is 0.500. The van der Waals surface area contributed by atoms with Crippen LogP contribution in [-0.2, 0) is 0 Å².